The normalized spacial score (nSPS) is 22.8. The Balaban J connectivity index is 0.00000102. The molecule has 1 aliphatic carbocycles. The van der Waals surface area contributed by atoms with E-state index >= 15 is 0 Å². The highest BCUT2D eigenvalue weighted by atomic mass is 16.2. The summed E-state index contributed by atoms with van der Waals surface area (Å²) in [6, 6.07) is 0.745. The van der Waals surface area contributed by atoms with Crippen molar-refractivity contribution in [3.8, 4) is 0 Å². The number of carbonyl (C=O) groups is 1. The van der Waals surface area contributed by atoms with Crippen LogP contribution < -0.4 is 0 Å². The van der Waals surface area contributed by atoms with E-state index in [1.807, 2.05) is 31.1 Å². The number of amides is 1. The maximum Gasteiger partial charge on any atom is 0.219 e. The zero-order valence-electron chi connectivity index (χ0n) is 17.7. The van der Waals surface area contributed by atoms with E-state index in [0.29, 0.717) is 17.3 Å². The second-order valence-electron chi connectivity index (χ2n) is 8.78. The molecule has 5 nitrogen and oxygen atoms in total. The highest BCUT2D eigenvalue weighted by Crippen LogP contribution is 2.50. The molecule has 2 saturated heterocycles. The Morgan fingerprint density at radius 2 is 1.67 bits per heavy atom. The van der Waals surface area contributed by atoms with Gasteiger partial charge in [-0.15, -0.1) is 0 Å². The van der Waals surface area contributed by atoms with Crippen LogP contribution in [0.2, 0.25) is 0 Å². The van der Waals surface area contributed by atoms with Gasteiger partial charge in [0.25, 0.3) is 0 Å². The average Bonchev–Trinajstić information content (AvgIpc) is 2.61. The minimum atomic E-state index is 0.237. The molecule has 1 saturated carbocycles. The minimum absolute atomic E-state index is 0.237. The first-order chi connectivity index (χ1) is 13.0. The summed E-state index contributed by atoms with van der Waals surface area (Å²) >= 11 is 0. The molecule has 0 unspecified atom stereocenters. The fourth-order valence-electron chi connectivity index (χ4n) is 4.90. The van der Waals surface area contributed by atoms with E-state index in [1.165, 1.54) is 44.3 Å². The van der Waals surface area contributed by atoms with Crippen molar-refractivity contribution in [1.82, 2.24) is 19.8 Å². The number of likely N-dealkylation sites (tertiary alicyclic amines) is 2. The number of nitrogens with zero attached hydrogens (tertiary/aromatic N) is 4. The van der Waals surface area contributed by atoms with Gasteiger partial charge in [-0.1, -0.05) is 27.7 Å². The molecule has 3 fully saturated rings. The smallest absolute Gasteiger partial charge is 0.219 e. The first-order valence-corrected chi connectivity index (χ1v) is 10.8. The Morgan fingerprint density at radius 3 is 2.15 bits per heavy atom. The molecule has 0 bridgehead atoms. The van der Waals surface area contributed by atoms with Gasteiger partial charge >= 0.3 is 0 Å². The summed E-state index contributed by atoms with van der Waals surface area (Å²) in [6.07, 6.45) is 9.10. The quantitative estimate of drug-likeness (QED) is 0.809. The number of rotatable bonds is 3. The van der Waals surface area contributed by atoms with Crippen LogP contribution in [0, 0.1) is 5.41 Å². The maximum atomic E-state index is 11.4. The first-order valence-electron chi connectivity index (χ1n) is 10.8. The molecular formula is C22H36N4O. The van der Waals surface area contributed by atoms with Gasteiger partial charge in [0.15, 0.2) is 0 Å². The highest BCUT2D eigenvalue weighted by molar-refractivity contribution is 5.74. The Bertz CT molecular complexity index is 620. The molecule has 1 aromatic heterocycles. The van der Waals surface area contributed by atoms with Gasteiger partial charge in [0.1, 0.15) is 5.82 Å². The van der Waals surface area contributed by atoms with Gasteiger partial charge in [-0.3, -0.25) is 4.79 Å². The van der Waals surface area contributed by atoms with Crippen LogP contribution in [-0.4, -0.2) is 57.9 Å². The monoisotopic (exact) mass is 372 g/mol. The number of aromatic nitrogens is 2. The van der Waals surface area contributed by atoms with Crippen molar-refractivity contribution < 1.29 is 4.79 Å². The van der Waals surface area contributed by atoms with Crippen molar-refractivity contribution in [3.05, 3.63) is 23.8 Å². The summed E-state index contributed by atoms with van der Waals surface area (Å²) in [7, 11) is 0. The van der Waals surface area contributed by atoms with Crippen LogP contribution in [0.15, 0.2) is 12.4 Å². The molecule has 150 valence electrons. The molecule has 0 radical (unpaired) electrons. The minimum Gasteiger partial charge on any atom is -0.342 e. The lowest BCUT2D eigenvalue weighted by atomic mass is 9.60. The molecule has 0 N–H and O–H groups in total. The molecule has 3 aliphatic rings. The third-order valence-electron chi connectivity index (χ3n) is 6.56. The molecule has 0 aromatic carbocycles. The Labute approximate surface area is 164 Å². The molecule has 1 spiro atoms. The lowest BCUT2D eigenvalue weighted by Crippen LogP contribution is -2.67. The van der Waals surface area contributed by atoms with E-state index < -0.39 is 0 Å². The van der Waals surface area contributed by atoms with Crippen LogP contribution >= 0.6 is 0 Å². The van der Waals surface area contributed by atoms with Gasteiger partial charge in [-0.2, -0.15) is 0 Å². The molecule has 5 heteroatoms. The van der Waals surface area contributed by atoms with Crippen molar-refractivity contribution in [2.45, 2.75) is 78.2 Å². The van der Waals surface area contributed by atoms with E-state index in [0.717, 1.165) is 25.0 Å². The second-order valence-corrected chi connectivity index (χ2v) is 8.78. The lowest BCUT2D eigenvalue weighted by molar-refractivity contribution is -0.155. The molecule has 4 rings (SSSR count). The van der Waals surface area contributed by atoms with E-state index in [9.17, 15) is 4.79 Å². The van der Waals surface area contributed by atoms with Gasteiger partial charge in [0.05, 0.1) is 0 Å². The van der Waals surface area contributed by atoms with Gasteiger partial charge < -0.3 is 9.80 Å². The van der Waals surface area contributed by atoms with Crippen molar-refractivity contribution in [1.29, 1.82) is 0 Å². The van der Waals surface area contributed by atoms with Gasteiger partial charge in [-0.05, 0) is 50.3 Å². The third kappa shape index (κ3) is 4.18. The lowest BCUT2D eigenvalue weighted by Gasteiger charge is -2.61. The molecule has 1 aromatic rings. The van der Waals surface area contributed by atoms with Crippen molar-refractivity contribution in [2.24, 2.45) is 5.41 Å². The number of piperidine rings is 1. The number of hydrogen-bond acceptors (Lipinski definition) is 4. The van der Waals surface area contributed by atoms with Gasteiger partial charge in [0, 0.05) is 49.8 Å². The average molecular weight is 373 g/mol. The molecular weight excluding hydrogens is 336 g/mol. The Hall–Kier alpha value is -1.49. The molecule has 27 heavy (non-hydrogen) atoms. The van der Waals surface area contributed by atoms with E-state index in [4.69, 9.17) is 0 Å². The van der Waals surface area contributed by atoms with Crippen LogP contribution in [0.4, 0.5) is 0 Å². The molecule has 0 atom stereocenters. The van der Waals surface area contributed by atoms with Crippen LogP contribution in [0.3, 0.4) is 0 Å². The van der Waals surface area contributed by atoms with E-state index in [1.54, 1.807) is 6.92 Å². The highest BCUT2D eigenvalue weighted by Gasteiger charge is 2.54. The van der Waals surface area contributed by atoms with Crippen molar-refractivity contribution >= 4 is 5.91 Å². The summed E-state index contributed by atoms with van der Waals surface area (Å²) in [5.74, 6) is 2.19. The first kappa shape index (κ1) is 20.2. The van der Waals surface area contributed by atoms with Crippen LogP contribution in [0.5, 0.6) is 0 Å². The van der Waals surface area contributed by atoms with Crippen molar-refractivity contribution in [2.75, 3.05) is 26.2 Å². The zero-order chi connectivity index (χ0) is 19.6. The fraction of sp³-hybridized carbons (Fsp3) is 0.773. The van der Waals surface area contributed by atoms with Gasteiger partial charge in [0.2, 0.25) is 5.91 Å². The Morgan fingerprint density at radius 1 is 1.11 bits per heavy atom. The summed E-state index contributed by atoms with van der Waals surface area (Å²) in [6.45, 7) is 14.3. The standard InChI is InChI=1S/C20H30N4O.C2H6/c1-14(2)19-21-10-17(11-22-19)16-4-6-23(7-5-16)18-8-20(9-18)12-24(13-20)15(3)25;1-2/h10-11,14,16,18H,4-9,12-13H2,1-3H3;1-2H3. The van der Waals surface area contributed by atoms with E-state index in [-0.39, 0.29) is 5.91 Å². The molecule has 1 amide bonds. The summed E-state index contributed by atoms with van der Waals surface area (Å²) < 4.78 is 0. The predicted octanol–water partition coefficient (Wildman–Crippen LogP) is 3.82. The maximum absolute atomic E-state index is 11.4. The topological polar surface area (TPSA) is 49.3 Å². The number of carbonyl (C=O) groups excluding carboxylic acids is 1. The number of hydrogen-bond donors (Lipinski definition) is 0. The Kier molecular flexibility index (Phi) is 6.19. The molecule has 2 aliphatic heterocycles. The summed E-state index contributed by atoms with van der Waals surface area (Å²) in [4.78, 5) is 25.1. The van der Waals surface area contributed by atoms with Crippen LogP contribution in [0.25, 0.3) is 0 Å². The van der Waals surface area contributed by atoms with Gasteiger partial charge in [-0.25, -0.2) is 9.97 Å². The fourth-order valence-corrected chi connectivity index (χ4v) is 4.90. The SMILES string of the molecule is CC.CC(=O)N1CC2(CC(N3CCC(c4cnc(C(C)C)nc4)CC3)C2)C1. The van der Waals surface area contributed by atoms with E-state index in [2.05, 4.69) is 28.7 Å². The summed E-state index contributed by atoms with van der Waals surface area (Å²) in [5, 5.41) is 0. The third-order valence-corrected chi connectivity index (χ3v) is 6.56. The summed E-state index contributed by atoms with van der Waals surface area (Å²) in [5.41, 5.74) is 1.78. The molecule has 3 heterocycles. The van der Waals surface area contributed by atoms with Crippen LogP contribution in [-0.2, 0) is 4.79 Å². The van der Waals surface area contributed by atoms with Crippen molar-refractivity contribution in [3.63, 3.8) is 0 Å². The second kappa shape index (κ2) is 8.26. The largest absolute Gasteiger partial charge is 0.342 e. The zero-order valence-corrected chi connectivity index (χ0v) is 17.7. The van der Waals surface area contributed by atoms with Crippen LogP contribution in [0.1, 0.15) is 83.5 Å². The predicted molar refractivity (Wildman–Crippen MR) is 109 cm³/mol.